The van der Waals surface area contributed by atoms with Crippen molar-refractivity contribution in [3.63, 3.8) is 0 Å². The summed E-state index contributed by atoms with van der Waals surface area (Å²) in [5.74, 6) is -3.18. The maximum atomic E-state index is 14.9. The number of benzene rings is 1. The number of amides is 2. The van der Waals surface area contributed by atoms with E-state index in [1.165, 1.54) is 11.3 Å². The van der Waals surface area contributed by atoms with Crippen LogP contribution in [0.5, 0.6) is 5.75 Å². The molecule has 3 aromatic rings. The third-order valence-electron chi connectivity index (χ3n) is 5.83. The first-order valence-electron chi connectivity index (χ1n) is 11.6. The molecule has 1 saturated heterocycles. The fourth-order valence-corrected chi connectivity index (χ4v) is 4.70. The molecule has 4 rings (SSSR count). The maximum absolute atomic E-state index is 14.9. The molecule has 0 aliphatic carbocycles. The van der Waals surface area contributed by atoms with E-state index in [1.807, 2.05) is 6.92 Å². The van der Waals surface area contributed by atoms with Gasteiger partial charge >= 0.3 is 6.09 Å². The van der Waals surface area contributed by atoms with Gasteiger partial charge in [0, 0.05) is 11.9 Å². The number of fused-ring (bicyclic) bond motifs is 1. The highest BCUT2D eigenvalue weighted by Crippen LogP contribution is 2.32. The largest absolute Gasteiger partial charge is 0.488 e. The van der Waals surface area contributed by atoms with Crippen molar-refractivity contribution in [2.45, 2.75) is 65.2 Å². The molecule has 1 N–H and O–H groups in total. The van der Waals surface area contributed by atoms with Crippen molar-refractivity contribution < 1.29 is 32.3 Å². The number of halogens is 2. The van der Waals surface area contributed by atoms with Crippen molar-refractivity contribution in [3.8, 4) is 5.75 Å². The SMILES string of the molecule is Cc1ncsc1COc1ccc2oc(C)c(C(=O)NC3CCN(C(=O)OC(C)(C)C)CC3(F)F)c2c1. The molecule has 1 aromatic carbocycles. The molecule has 3 heterocycles. The van der Waals surface area contributed by atoms with E-state index in [0.717, 1.165) is 15.5 Å². The number of ether oxygens (including phenoxy) is 2. The first kappa shape index (κ1) is 25.9. The number of carbonyl (C=O) groups excluding carboxylic acids is 2. The van der Waals surface area contributed by atoms with Gasteiger partial charge in [-0.1, -0.05) is 0 Å². The van der Waals surface area contributed by atoms with Crippen LogP contribution in [0.15, 0.2) is 28.1 Å². The van der Waals surface area contributed by atoms with Crippen LogP contribution < -0.4 is 10.1 Å². The Hall–Kier alpha value is -3.21. The van der Waals surface area contributed by atoms with Gasteiger partial charge in [0.25, 0.3) is 11.8 Å². The number of aromatic nitrogens is 1. The number of carbonyl (C=O) groups is 2. The Morgan fingerprint density at radius 2 is 2.06 bits per heavy atom. The summed E-state index contributed by atoms with van der Waals surface area (Å²) in [4.78, 5) is 31.5. The summed E-state index contributed by atoms with van der Waals surface area (Å²) in [6, 6.07) is 3.63. The number of likely N-dealkylation sites (tertiary alicyclic amines) is 1. The lowest BCUT2D eigenvalue weighted by Gasteiger charge is -2.38. The number of hydrogen-bond donors (Lipinski definition) is 1. The Labute approximate surface area is 211 Å². The lowest BCUT2D eigenvalue weighted by Crippen LogP contribution is -2.59. The molecule has 1 unspecified atom stereocenters. The van der Waals surface area contributed by atoms with Crippen LogP contribution in [-0.4, -0.2) is 52.5 Å². The average Bonchev–Trinajstić information content (AvgIpc) is 3.33. The minimum absolute atomic E-state index is 0.0373. The quantitative estimate of drug-likeness (QED) is 0.479. The van der Waals surface area contributed by atoms with Gasteiger partial charge in [-0.05, 0) is 59.2 Å². The van der Waals surface area contributed by atoms with E-state index in [0.29, 0.717) is 29.1 Å². The van der Waals surface area contributed by atoms with Gasteiger partial charge in [-0.15, -0.1) is 11.3 Å². The normalized spacial score (nSPS) is 17.8. The molecule has 2 aromatic heterocycles. The molecule has 1 fully saturated rings. The molecular formula is C25H29F2N3O5S. The molecule has 1 aliphatic rings. The summed E-state index contributed by atoms with van der Waals surface area (Å²) in [6.07, 6.45) is -0.917. The second-order valence-corrected chi connectivity index (χ2v) is 10.8. The highest BCUT2D eigenvalue weighted by molar-refractivity contribution is 7.09. The molecule has 0 saturated carbocycles. The zero-order valence-electron chi connectivity index (χ0n) is 20.8. The van der Waals surface area contributed by atoms with Gasteiger partial charge in [0.1, 0.15) is 29.3 Å². The van der Waals surface area contributed by atoms with Gasteiger partial charge in [0.2, 0.25) is 0 Å². The Bertz CT molecular complexity index is 1280. The highest BCUT2D eigenvalue weighted by Gasteiger charge is 2.47. The number of piperidine rings is 1. The maximum Gasteiger partial charge on any atom is 0.410 e. The Morgan fingerprint density at radius 3 is 2.69 bits per heavy atom. The van der Waals surface area contributed by atoms with E-state index in [1.54, 1.807) is 51.4 Å². The number of nitrogens with zero attached hydrogens (tertiary/aromatic N) is 2. The van der Waals surface area contributed by atoms with E-state index in [9.17, 15) is 18.4 Å². The fourth-order valence-electron chi connectivity index (χ4n) is 4.02. The van der Waals surface area contributed by atoms with E-state index in [4.69, 9.17) is 13.9 Å². The molecule has 36 heavy (non-hydrogen) atoms. The summed E-state index contributed by atoms with van der Waals surface area (Å²) in [6.45, 7) is 8.04. The second kappa shape index (κ2) is 9.68. The molecule has 1 aliphatic heterocycles. The third-order valence-corrected chi connectivity index (χ3v) is 6.74. The Kier molecular flexibility index (Phi) is 6.96. The zero-order chi connectivity index (χ0) is 26.3. The van der Waals surface area contributed by atoms with E-state index < -0.39 is 36.1 Å². The summed E-state index contributed by atoms with van der Waals surface area (Å²) < 4.78 is 46.7. The average molecular weight is 522 g/mol. The van der Waals surface area contributed by atoms with Crippen molar-refractivity contribution in [3.05, 3.63) is 45.6 Å². The van der Waals surface area contributed by atoms with Crippen LogP contribution in [0.3, 0.4) is 0 Å². The number of aryl methyl sites for hydroxylation is 2. The highest BCUT2D eigenvalue weighted by atomic mass is 32.1. The molecular weight excluding hydrogens is 492 g/mol. The number of alkyl halides is 2. The second-order valence-electron chi connectivity index (χ2n) is 9.82. The molecule has 0 bridgehead atoms. The van der Waals surface area contributed by atoms with Gasteiger partial charge in [-0.25, -0.2) is 18.6 Å². The van der Waals surface area contributed by atoms with Crippen molar-refractivity contribution in [2.75, 3.05) is 13.1 Å². The van der Waals surface area contributed by atoms with Gasteiger partial charge < -0.3 is 24.1 Å². The molecule has 8 nitrogen and oxygen atoms in total. The van der Waals surface area contributed by atoms with Crippen LogP contribution in [-0.2, 0) is 11.3 Å². The van der Waals surface area contributed by atoms with Crippen LogP contribution >= 0.6 is 11.3 Å². The minimum atomic E-state index is -3.33. The minimum Gasteiger partial charge on any atom is -0.488 e. The van der Waals surface area contributed by atoms with Crippen LogP contribution in [0.25, 0.3) is 11.0 Å². The first-order valence-corrected chi connectivity index (χ1v) is 12.4. The smallest absolute Gasteiger partial charge is 0.410 e. The standard InChI is InChI=1S/C25H29F2N3O5S/c1-14-19(36-13-28-14)11-33-16-6-7-18-17(10-16)21(15(2)34-18)22(31)29-20-8-9-30(12-25(20,26)27)23(32)35-24(3,4)5/h6-7,10,13,20H,8-9,11-12H2,1-5H3,(H,29,31). The monoisotopic (exact) mass is 521 g/mol. The molecule has 1 atom stereocenters. The number of furan rings is 1. The molecule has 194 valence electrons. The summed E-state index contributed by atoms with van der Waals surface area (Å²) in [5, 5.41) is 2.93. The molecule has 0 spiro atoms. The first-order chi connectivity index (χ1) is 16.8. The molecule has 11 heteroatoms. The predicted octanol–water partition coefficient (Wildman–Crippen LogP) is 5.46. The summed E-state index contributed by atoms with van der Waals surface area (Å²) >= 11 is 1.49. The van der Waals surface area contributed by atoms with Crippen LogP contribution in [0, 0.1) is 13.8 Å². The number of rotatable bonds is 5. The fraction of sp³-hybridized carbons (Fsp3) is 0.480. The van der Waals surface area contributed by atoms with Crippen molar-refractivity contribution in [1.29, 1.82) is 0 Å². The van der Waals surface area contributed by atoms with Crippen molar-refractivity contribution >= 4 is 34.3 Å². The topological polar surface area (TPSA) is 93.9 Å². The third kappa shape index (κ3) is 5.61. The number of thiazole rings is 1. The van der Waals surface area contributed by atoms with Crippen molar-refractivity contribution in [2.24, 2.45) is 0 Å². The summed E-state index contributed by atoms with van der Waals surface area (Å²) in [5.41, 5.74) is 2.46. The Balaban J connectivity index is 1.48. The lowest BCUT2D eigenvalue weighted by molar-refractivity contribution is -0.0889. The van der Waals surface area contributed by atoms with Crippen LogP contribution in [0.1, 0.15) is 53.9 Å². The van der Waals surface area contributed by atoms with Crippen LogP contribution in [0.4, 0.5) is 13.6 Å². The van der Waals surface area contributed by atoms with Crippen molar-refractivity contribution in [1.82, 2.24) is 15.2 Å². The van der Waals surface area contributed by atoms with Gasteiger partial charge in [0.15, 0.2) is 0 Å². The summed E-state index contributed by atoms with van der Waals surface area (Å²) in [7, 11) is 0. The molecule has 0 radical (unpaired) electrons. The van der Waals surface area contributed by atoms with Crippen LogP contribution in [0.2, 0.25) is 0 Å². The lowest BCUT2D eigenvalue weighted by atomic mass is 10.00. The number of nitrogens with one attached hydrogen (secondary N) is 1. The van der Waals surface area contributed by atoms with E-state index in [-0.39, 0.29) is 18.5 Å². The molecule has 2 amide bonds. The van der Waals surface area contributed by atoms with E-state index >= 15 is 0 Å². The Morgan fingerprint density at radius 1 is 1.31 bits per heavy atom. The van der Waals surface area contributed by atoms with Gasteiger partial charge in [0.05, 0.1) is 34.2 Å². The zero-order valence-corrected chi connectivity index (χ0v) is 21.6. The number of hydrogen-bond acceptors (Lipinski definition) is 7. The van der Waals surface area contributed by atoms with Gasteiger partial charge in [-0.3, -0.25) is 4.79 Å². The van der Waals surface area contributed by atoms with Gasteiger partial charge in [-0.2, -0.15) is 0 Å². The van der Waals surface area contributed by atoms with E-state index in [2.05, 4.69) is 10.3 Å². The predicted molar refractivity (Wildman–Crippen MR) is 131 cm³/mol.